The van der Waals surface area contributed by atoms with E-state index in [1.165, 1.54) is 7.11 Å². The number of methoxy groups -OCH3 is 1. The highest BCUT2D eigenvalue weighted by atomic mass is 16.5. The molecule has 30 heavy (non-hydrogen) atoms. The van der Waals surface area contributed by atoms with Gasteiger partial charge in [0.25, 0.3) is 5.56 Å². The van der Waals surface area contributed by atoms with Gasteiger partial charge in [0.1, 0.15) is 11.3 Å². The van der Waals surface area contributed by atoms with E-state index in [0.717, 1.165) is 37.4 Å². The number of rotatable bonds is 5. The standard InChI is InChI=1S/C21H25N5O4/c1-24-7-9-25(10-8-24)13-18(27)14-3-5-15(6-4-14)26-11-16-19(22-23-20(16)28)17(12-26)21(29)30-2/h3-6,11-12,18,27H,7-10,13H2,1-2H3,(H,23,28)/t18-/m1/s1. The van der Waals surface area contributed by atoms with Gasteiger partial charge in [-0.05, 0) is 24.7 Å². The number of benzene rings is 1. The molecule has 9 heteroatoms. The molecule has 1 atom stereocenters. The van der Waals surface area contributed by atoms with E-state index in [2.05, 4.69) is 27.0 Å². The van der Waals surface area contributed by atoms with E-state index in [1.54, 1.807) is 17.0 Å². The molecule has 3 aliphatic heterocycles. The Bertz CT molecular complexity index is 1050. The molecule has 0 bridgehead atoms. The van der Waals surface area contributed by atoms with Gasteiger partial charge in [-0.1, -0.05) is 12.1 Å². The first kappa shape index (κ1) is 20.3. The Hall–Kier alpha value is -3.01. The predicted molar refractivity (Wildman–Crippen MR) is 111 cm³/mol. The van der Waals surface area contributed by atoms with Crippen molar-refractivity contribution in [2.75, 3.05) is 46.9 Å². The van der Waals surface area contributed by atoms with Crippen LogP contribution in [0.15, 0.2) is 41.5 Å². The fraction of sp³-hybridized carbons (Fsp3) is 0.381. The third-order valence-corrected chi connectivity index (χ3v) is 5.57. The van der Waals surface area contributed by atoms with Gasteiger partial charge < -0.3 is 19.3 Å². The summed E-state index contributed by atoms with van der Waals surface area (Å²) in [6, 6.07) is 7.41. The fourth-order valence-electron chi connectivity index (χ4n) is 3.69. The number of carbonyl (C=O) groups excluding carboxylic acids is 1. The van der Waals surface area contributed by atoms with Crippen molar-refractivity contribution in [2.45, 2.75) is 6.10 Å². The smallest absolute Gasteiger partial charge is 0.341 e. The van der Waals surface area contributed by atoms with Crippen LogP contribution in [0.3, 0.4) is 0 Å². The number of carbonyl (C=O) groups is 1. The molecule has 4 rings (SSSR count). The van der Waals surface area contributed by atoms with E-state index < -0.39 is 12.1 Å². The number of hydrogen-bond donors (Lipinski definition) is 2. The van der Waals surface area contributed by atoms with E-state index in [4.69, 9.17) is 4.74 Å². The Morgan fingerprint density at radius 2 is 1.90 bits per heavy atom. The van der Waals surface area contributed by atoms with Crippen LogP contribution in [0, 0.1) is 0 Å². The lowest BCUT2D eigenvalue weighted by Crippen LogP contribution is -2.45. The van der Waals surface area contributed by atoms with E-state index in [-0.39, 0.29) is 16.8 Å². The number of ether oxygens (including phenoxy) is 1. The molecule has 9 nitrogen and oxygen atoms in total. The summed E-state index contributed by atoms with van der Waals surface area (Å²) >= 11 is 0. The van der Waals surface area contributed by atoms with E-state index in [9.17, 15) is 14.7 Å². The number of likely N-dealkylation sites (N-methyl/N-ethyl adjacent to an activating group) is 1. The Labute approximate surface area is 173 Å². The lowest BCUT2D eigenvalue weighted by atomic mass is 10.1. The highest BCUT2D eigenvalue weighted by molar-refractivity contribution is 5.96. The van der Waals surface area contributed by atoms with Gasteiger partial charge in [0.05, 0.1) is 18.8 Å². The molecule has 3 aliphatic rings. The first-order valence-electron chi connectivity index (χ1n) is 9.84. The molecule has 158 valence electrons. The monoisotopic (exact) mass is 411 g/mol. The van der Waals surface area contributed by atoms with Gasteiger partial charge in [0.2, 0.25) is 0 Å². The summed E-state index contributed by atoms with van der Waals surface area (Å²) in [5, 5.41) is 16.9. The number of fused-ring (bicyclic) bond motifs is 1. The van der Waals surface area contributed by atoms with Crippen molar-refractivity contribution >= 4 is 5.97 Å². The molecule has 0 radical (unpaired) electrons. The summed E-state index contributed by atoms with van der Waals surface area (Å²) in [6.45, 7) is 4.49. The van der Waals surface area contributed by atoms with Gasteiger partial charge in [-0.3, -0.25) is 9.69 Å². The molecule has 1 saturated heterocycles. The van der Waals surface area contributed by atoms with Gasteiger partial charge in [0, 0.05) is 50.8 Å². The quantitative estimate of drug-likeness (QED) is 0.597. The van der Waals surface area contributed by atoms with Gasteiger partial charge in [0.15, 0.2) is 0 Å². The molecule has 1 aromatic rings. The number of aliphatic hydroxyl groups is 1. The number of β-amino-alcohol motifs (C(OH)–C–C–N with tert-alkyl or cyclic N) is 1. The Morgan fingerprint density at radius 1 is 1.20 bits per heavy atom. The molecule has 3 heterocycles. The van der Waals surface area contributed by atoms with Crippen molar-refractivity contribution in [1.29, 1.82) is 0 Å². The maximum Gasteiger partial charge on any atom is 0.341 e. The number of piperazine rings is 1. The van der Waals surface area contributed by atoms with Crippen LogP contribution in [0.1, 0.15) is 22.0 Å². The topological polar surface area (TPSA) is 104 Å². The first-order chi connectivity index (χ1) is 14.5. The van der Waals surface area contributed by atoms with E-state index in [1.807, 2.05) is 24.3 Å². The van der Waals surface area contributed by atoms with E-state index in [0.29, 0.717) is 12.1 Å². The minimum absolute atomic E-state index is 0.201. The number of nitrogens with zero attached hydrogens (tertiary/aromatic N) is 4. The van der Waals surface area contributed by atoms with Gasteiger partial charge >= 0.3 is 5.97 Å². The predicted octanol–water partition coefficient (Wildman–Crippen LogP) is 0.733. The molecule has 0 unspecified atom stereocenters. The van der Waals surface area contributed by atoms with Crippen LogP contribution in [0.25, 0.3) is 16.9 Å². The fourth-order valence-corrected chi connectivity index (χ4v) is 3.69. The van der Waals surface area contributed by atoms with Crippen molar-refractivity contribution in [3.63, 3.8) is 0 Å². The Kier molecular flexibility index (Phi) is 5.67. The van der Waals surface area contributed by atoms with Crippen molar-refractivity contribution in [1.82, 2.24) is 24.6 Å². The second kappa shape index (κ2) is 8.39. The molecular formula is C21H25N5O4. The number of aliphatic hydroxyl groups excluding tert-OH is 1. The first-order valence-corrected chi connectivity index (χ1v) is 9.84. The molecule has 1 fully saturated rings. The highest BCUT2D eigenvalue weighted by Crippen LogP contribution is 2.24. The number of aromatic amines is 1. The summed E-state index contributed by atoms with van der Waals surface area (Å²) in [5.41, 5.74) is 1.98. The summed E-state index contributed by atoms with van der Waals surface area (Å²) in [4.78, 5) is 28.7. The number of esters is 1. The zero-order valence-corrected chi connectivity index (χ0v) is 17.0. The molecule has 2 N–H and O–H groups in total. The Morgan fingerprint density at radius 3 is 2.57 bits per heavy atom. The number of H-pyrrole nitrogens is 1. The summed E-state index contributed by atoms with van der Waals surface area (Å²) < 4.78 is 6.51. The van der Waals surface area contributed by atoms with Crippen LogP contribution in [0.5, 0.6) is 0 Å². The molecule has 1 aromatic carbocycles. The van der Waals surface area contributed by atoms with Crippen LogP contribution in [-0.2, 0) is 4.74 Å². The van der Waals surface area contributed by atoms with Crippen molar-refractivity contribution < 1.29 is 14.6 Å². The van der Waals surface area contributed by atoms with Crippen LogP contribution in [0.4, 0.5) is 0 Å². The van der Waals surface area contributed by atoms with Crippen LogP contribution in [-0.4, -0.2) is 82.5 Å². The average Bonchev–Trinajstić information content (AvgIpc) is 3.15. The normalized spacial score (nSPS) is 16.6. The molecule has 0 spiro atoms. The molecule has 0 aliphatic carbocycles. The highest BCUT2D eigenvalue weighted by Gasteiger charge is 2.22. The molecule has 0 saturated carbocycles. The second-order valence-corrected chi connectivity index (χ2v) is 7.60. The molecular weight excluding hydrogens is 386 g/mol. The van der Waals surface area contributed by atoms with Gasteiger partial charge in [-0.15, -0.1) is 0 Å². The number of pyridine rings is 1. The minimum Gasteiger partial charge on any atom is -0.465 e. The summed E-state index contributed by atoms with van der Waals surface area (Å²) in [6.07, 6.45) is 2.63. The van der Waals surface area contributed by atoms with Crippen molar-refractivity contribution in [2.24, 2.45) is 0 Å². The van der Waals surface area contributed by atoms with Crippen LogP contribution >= 0.6 is 0 Å². The third kappa shape index (κ3) is 4.00. The van der Waals surface area contributed by atoms with E-state index >= 15 is 0 Å². The second-order valence-electron chi connectivity index (χ2n) is 7.60. The number of hydrogen-bond acceptors (Lipinski definition) is 7. The van der Waals surface area contributed by atoms with Crippen LogP contribution in [0.2, 0.25) is 0 Å². The minimum atomic E-state index is -0.581. The van der Waals surface area contributed by atoms with Crippen LogP contribution < -0.4 is 5.56 Å². The van der Waals surface area contributed by atoms with Gasteiger partial charge in [-0.2, -0.15) is 5.10 Å². The van der Waals surface area contributed by atoms with Crippen molar-refractivity contribution in [3.05, 3.63) is 58.1 Å². The largest absolute Gasteiger partial charge is 0.465 e. The maximum atomic E-state index is 12.1. The van der Waals surface area contributed by atoms with Gasteiger partial charge in [-0.25, -0.2) is 9.89 Å². The maximum absolute atomic E-state index is 12.1. The zero-order chi connectivity index (χ0) is 21.3. The van der Waals surface area contributed by atoms with Crippen molar-refractivity contribution in [3.8, 4) is 16.9 Å². The third-order valence-electron chi connectivity index (χ3n) is 5.57. The Balaban J connectivity index is 1.57. The number of nitrogens with one attached hydrogen (secondary N) is 1. The SMILES string of the molecule is COC(=O)c1cn(-c2ccc([C@H](O)CN3CCN(C)CC3)cc2)cc2c(=O)[nH]nc1-2. The average molecular weight is 411 g/mol. The number of aromatic nitrogens is 3. The molecule has 0 aromatic heterocycles. The lowest BCUT2D eigenvalue weighted by molar-refractivity contribution is 0.0600. The summed E-state index contributed by atoms with van der Waals surface area (Å²) in [5.74, 6) is -0.569. The summed E-state index contributed by atoms with van der Waals surface area (Å²) in [7, 11) is 3.39. The zero-order valence-electron chi connectivity index (χ0n) is 17.0. The molecule has 0 amide bonds. The lowest BCUT2D eigenvalue weighted by Gasteiger charge is -2.33.